The molecule has 1 aromatic carbocycles. The molecule has 0 unspecified atom stereocenters. The summed E-state index contributed by atoms with van der Waals surface area (Å²) in [4.78, 5) is 31.3. The molecule has 1 aromatic heterocycles. The molecule has 0 atom stereocenters. The monoisotopic (exact) mass is 373 g/mol. The molecule has 1 N–H and O–H groups in total. The van der Waals surface area contributed by atoms with Crippen molar-refractivity contribution in [3.8, 4) is 0 Å². The van der Waals surface area contributed by atoms with Gasteiger partial charge in [0.2, 0.25) is 0 Å². The summed E-state index contributed by atoms with van der Waals surface area (Å²) in [5, 5.41) is 1.88. The number of nitrogens with zero attached hydrogens (tertiary/aromatic N) is 2. The van der Waals surface area contributed by atoms with Crippen LogP contribution in [0, 0.1) is 6.92 Å². The van der Waals surface area contributed by atoms with Gasteiger partial charge in [0.05, 0.1) is 12.1 Å². The predicted molar refractivity (Wildman–Crippen MR) is 95.8 cm³/mol. The molecule has 0 saturated heterocycles. The Bertz CT molecular complexity index is 816. The highest BCUT2D eigenvalue weighted by atomic mass is 19.3. The number of Topliss-reactive ketones (excluding diaryl/α,β-unsaturated/α-hetero) is 1. The maximum Gasteiger partial charge on any atom is 0.315 e. The number of carbonyl (C=O) groups excluding carboxylic acids is 2. The van der Waals surface area contributed by atoms with Gasteiger partial charge in [0.25, 0.3) is 5.91 Å². The summed E-state index contributed by atoms with van der Waals surface area (Å²) in [6.45, 7) is 1.55. The molecule has 2 aromatic rings. The summed E-state index contributed by atoms with van der Waals surface area (Å²) in [5.74, 6) is -1.33. The molecule has 1 amide bonds. The molecule has 0 aliphatic heterocycles. The molecule has 1 heterocycles. The van der Waals surface area contributed by atoms with E-state index in [9.17, 15) is 18.4 Å². The van der Waals surface area contributed by atoms with Gasteiger partial charge in [-0.15, -0.1) is 0 Å². The van der Waals surface area contributed by atoms with Gasteiger partial charge in [0.1, 0.15) is 5.82 Å². The number of halogens is 2. The van der Waals surface area contributed by atoms with Gasteiger partial charge in [-0.1, -0.05) is 36.2 Å². The van der Waals surface area contributed by atoms with Crippen LogP contribution in [0.25, 0.3) is 0 Å². The van der Waals surface area contributed by atoms with Crippen LogP contribution in [0.4, 0.5) is 8.78 Å². The number of alkyl halides is 2. The van der Waals surface area contributed by atoms with Crippen LogP contribution in [-0.2, 0) is 16.6 Å². The lowest BCUT2D eigenvalue weighted by molar-refractivity contribution is -0.131. The van der Waals surface area contributed by atoms with E-state index in [0.717, 1.165) is 19.3 Å². The zero-order valence-electron chi connectivity index (χ0n) is 15.0. The van der Waals surface area contributed by atoms with Gasteiger partial charge < -0.3 is 5.32 Å². The van der Waals surface area contributed by atoms with E-state index in [1.54, 1.807) is 0 Å². The number of hydrogen-bond acceptors (Lipinski definition) is 4. The molecule has 1 aliphatic rings. The highest BCUT2D eigenvalue weighted by Gasteiger charge is 2.39. The zero-order valence-corrected chi connectivity index (χ0v) is 15.0. The number of aryl methyl sites for hydroxylation is 1. The normalized spacial score (nSPS) is 15.3. The summed E-state index contributed by atoms with van der Waals surface area (Å²) >= 11 is 0. The number of hydrogen-bond donors (Lipinski definition) is 1. The minimum atomic E-state index is -3.14. The number of benzene rings is 1. The van der Waals surface area contributed by atoms with Gasteiger partial charge in [-0.3, -0.25) is 9.59 Å². The Balaban J connectivity index is 1.65. The fraction of sp³-hybridized carbons (Fsp3) is 0.400. The predicted octanol–water partition coefficient (Wildman–Crippen LogP) is 3.01. The minimum Gasteiger partial charge on any atom is -0.344 e. The molecular weight excluding hydrogens is 352 g/mol. The summed E-state index contributed by atoms with van der Waals surface area (Å²) < 4.78 is 24.3. The largest absolute Gasteiger partial charge is 0.344 e. The molecular formula is C20H21F2N3O2. The van der Waals surface area contributed by atoms with Crippen LogP contribution in [0.5, 0.6) is 0 Å². The number of rotatable bonds is 7. The molecule has 1 aliphatic carbocycles. The molecule has 142 valence electrons. The van der Waals surface area contributed by atoms with Gasteiger partial charge in [-0.2, -0.15) is 8.78 Å². The highest BCUT2D eigenvalue weighted by molar-refractivity contribution is 5.99. The standard InChI is InChI=1S/C20H21F2N3O2/c1-13-3-5-15(6-4-13)20(7-2-8-20)9-17-23-10-14(11-24-17)16(26)12-25-19(27)18(21)22/h3-6,10-11,18H,2,7-9,12H2,1H3,(H,25,27). The fourth-order valence-electron chi connectivity index (χ4n) is 3.32. The maximum absolute atomic E-state index is 12.1. The van der Waals surface area contributed by atoms with Crippen LogP contribution in [0.1, 0.15) is 46.6 Å². The number of amides is 1. The van der Waals surface area contributed by atoms with Crippen LogP contribution < -0.4 is 5.32 Å². The number of aromatic nitrogens is 2. The highest BCUT2D eigenvalue weighted by Crippen LogP contribution is 2.45. The summed E-state index contributed by atoms with van der Waals surface area (Å²) in [7, 11) is 0. The van der Waals surface area contributed by atoms with E-state index in [1.807, 2.05) is 5.32 Å². The molecule has 0 spiro atoms. The van der Waals surface area contributed by atoms with E-state index in [0.29, 0.717) is 12.2 Å². The van der Waals surface area contributed by atoms with E-state index in [-0.39, 0.29) is 11.0 Å². The van der Waals surface area contributed by atoms with Crippen molar-refractivity contribution in [3.63, 3.8) is 0 Å². The van der Waals surface area contributed by atoms with Crippen LogP contribution in [0.3, 0.4) is 0 Å². The quantitative estimate of drug-likeness (QED) is 0.758. The van der Waals surface area contributed by atoms with Crippen LogP contribution in [0.15, 0.2) is 36.7 Å². The number of ketones is 1. The fourth-order valence-corrected chi connectivity index (χ4v) is 3.32. The second-order valence-electron chi connectivity index (χ2n) is 7.01. The van der Waals surface area contributed by atoms with E-state index in [1.165, 1.54) is 23.5 Å². The van der Waals surface area contributed by atoms with Crippen LogP contribution in [0.2, 0.25) is 0 Å². The Hall–Kier alpha value is -2.70. The Morgan fingerprint density at radius 3 is 2.30 bits per heavy atom. The van der Waals surface area contributed by atoms with Crippen molar-refractivity contribution in [2.45, 2.75) is 44.4 Å². The summed E-state index contributed by atoms with van der Waals surface area (Å²) in [6, 6.07) is 8.51. The van der Waals surface area contributed by atoms with E-state index in [4.69, 9.17) is 0 Å². The third-order valence-electron chi connectivity index (χ3n) is 5.12. The average Bonchev–Trinajstić information content (AvgIpc) is 2.63. The van der Waals surface area contributed by atoms with Crippen molar-refractivity contribution in [2.24, 2.45) is 0 Å². The zero-order chi connectivity index (χ0) is 19.4. The van der Waals surface area contributed by atoms with Gasteiger partial charge in [0.15, 0.2) is 5.78 Å². The average molecular weight is 373 g/mol. The SMILES string of the molecule is Cc1ccc(C2(Cc3ncc(C(=O)CNC(=O)C(F)F)cn3)CCC2)cc1. The van der Waals surface area contributed by atoms with Gasteiger partial charge in [-0.05, 0) is 25.3 Å². The topological polar surface area (TPSA) is 72.0 Å². The maximum atomic E-state index is 12.1. The van der Waals surface area contributed by atoms with Crippen molar-refractivity contribution in [1.82, 2.24) is 15.3 Å². The molecule has 3 rings (SSSR count). The Kier molecular flexibility index (Phi) is 5.58. The number of nitrogens with one attached hydrogen (secondary N) is 1. The Morgan fingerprint density at radius 1 is 1.15 bits per heavy atom. The minimum absolute atomic E-state index is 0.0322. The Labute approximate surface area is 156 Å². The second kappa shape index (κ2) is 7.90. The lowest BCUT2D eigenvalue weighted by Gasteiger charge is -2.42. The lowest BCUT2D eigenvalue weighted by Crippen LogP contribution is -2.37. The van der Waals surface area contributed by atoms with E-state index >= 15 is 0 Å². The molecule has 0 bridgehead atoms. The molecule has 1 saturated carbocycles. The second-order valence-corrected chi connectivity index (χ2v) is 7.01. The van der Waals surface area contributed by atoms with Crippen molar-refractivity contribution in [3.05, 3.63) is 59.2 Å². The van der Waals surface area contributed by atoms with Gasteiger partial charge in [-0.25, -0.2) is 9.97 Å². The molecule has 5 nitrogen and oxygen atoms in total. The first-order valence-corrected chi connectivity index (χ1v) is 8.87. The molecule has 27 heavy (non-hydrogen) atoms. The number of carbonyl (C=O) groups is 2. The summed E-state index contributed by atoms with van der Waals surface area (Å²) in [6.07, 6.45) is 3.62. The van der Waals surface area contributed by atoms with Crippen molar-refractivity contribution in [2.75, 3.05) is 6.54 Å². The molecule has 7 heteroatoms. The third kappa shape index (κ3) is 4.35. The van der Waals surface area contributed by atoms with E-state index in [2.05, 4.69) is 41.2 Å². The molecule has 0 radical (unpaired) electrons. The van der Waals surface area contributed by atoms with Gasteiger partial charge in [0, 0.05) is 24.2 Å². The first-order valence-electron chi connectivity index (χ1n) is 8.87. The van der Waals surface area contributed by atoms with Crippen LogP contribution in [-0.4, -0.2) is 34.6 Å². The Morgan fingerprint density at radius 2 is 1.78 bits per heavy atom. The van der Waals surface area contributed by atoms with Crippen LogP contribution >= 0.6 is 0 Å². The summed E-state index contributed by atoms with van der Waals surface area (Å²) in [5.41, 5.74) is 2.71. The van der Waals surface area contributed by atoms with E-state index < -0.39 is 24.7 Å². The first kappa shape index (κ1) is 19.1. The lowest BCUT2D eigenvalue weighted by atomic mass is 9.62. The van der Waals surface area contributed by atoms with Crippen molar-refractivity contribution >= 4 is 11.7 Å². The smallest absolute Gasteiger partial charge is 0.315 e. The molecule has 1 fully saturated rings. The first-order chi connectivity index (χ1) is 12.9. The third-order valence-corrected chi connectivity index (χ3v) is 5.12. The van der Waals surface area contributed by atoms with Crippen molar-refractivity contribution in [1.29, 1.82) is 0 Å². The van der Waals surface area contributed by atoms with Crippen molar-refractivity contribution < 1.29 is 18.4 Å². The van der Waals surface area contributed by atoms with Gasteiger partial charge >= 0.3 is 6.43 Å².